The highest BCUT2D eigenvalue weighted by atomic mass is 16.2. The fourth-order valence-electron chi connectivity index (χ4n) is 3.26. The molecular formula is C21H21N7O3. The molecule has 10 heteroatoms. The zero-order chi connectivity index (χ0) is 21.6. The Morgan fingerprint density at radius 3 is 2.42 bits per heavy atom. The quantitative estimate of drug-likeness (QED) is 0.572. The third kappa shape index (κ3) is 5.10. The highest BCUT2D eigenvalue weighted by molar-refractivity contribution is 5.95. The summed E-state index contributed by atoms with van der Waals surface area (Å²) in [6.07, 6.45) is 1.52. The monoisotopic (exact) mass is 419 g/mol. The maximum atomic E-state index is 12.1. The summed E-state index contributed by atoms with van der Waals surface area (Å²) in [6.45, 7) is 0.539. The molecule has 0 radical (unpaired) electrons. The summed E-state index contributed by atoms with van der Waals surface area (Å²) >= 11 is 0. The molecule has 2 aromatic carbocycles. The molecule has 0 bridgehead atoms. The lowest BCUT2D eigenvalue weighted by Crippen LogP contribution is -2.44. The predicted molar refractivity (Wildman–Crippen MR) is 111 cm³/mol. The van der Waals surface area contributed by atoms with E-state index in [1.165, 1.54) is 0 Å². The van der Waals surface area contributed by atoms with Crippen LogP contribution in [0.15, 0.2) is 54.6 Å². The van der Waals surface area contributed by atoms with Gasteiger partial charge in [-0.2, -0.15) is 4.80 Å². The van der Waals surface area contributed by atoms with Crippen molar-refractivity contribution in [2.24, 2.45) is 0 Å². The number of hydrogen-bond donors (Lipinski definition) is 2. The van der Waals surface area contributed by atoms with Crippen LogP contribution in [0.25, 0.3) is 11.4 Å². The molecule has 1 saturated heterocycles. The highest BCUT2D eigenvalue weighted by Gasteiger charge is 2.21. The molecule has 1 aliphatic heterocycles. The third-order valence-corrected chi connectivity index (χ3v) is 4.80. The fraction of sp³-hybridized carbons (Fsp3) is 0.238. The first-order valence-corrected chi connectivity index (χ1v) is 9.89. The van der Waals surface area contributed by atoms with Crippen LogP contribution in [0.1, 0.15) is 18.4 Å². The van der Waals surface area contributed by atoms with Gasteiger partial charge in [-0.05, 0) is 29.3 Å². The van der Waals surface area contributed by atoms with E-state index < -0.39 is 5.91 Å². The third-order valence-electron chi connectivity index (χ3n) is 4.80. The molecule has 10 nitrogen and oxygen atoms in total. The number of tetrazole rings is 1. The van der Waals surface area contributed by atoms with Gasteiger partial charge in [0.2, 0.25) is 17.6 Å². The van der Waals surface area contributed by atoms with Crippen LogP contribution >= 0.6 is 0 Å². The minimum Gasteiger partial charge on any atom is -0.312 e. The summed E-state index contributed by atoms with van der Waals surface area (Å²) in [4.78, 5) is 38.9. The molecule has 158 valence electrons. The zero-order valence-electron chi connectivity index (χ0n) is 16.7. The standard InChI is InChI=1S/C21H21N7O3/c29-18(13-15-8-10-17(11-9-15)27-12-4-7-20(27)31)22-23-19(30)14-28-25-21(24-26-28)16-5-2-1-3-6-16/h1-3,5-6,8-11H,4,7,12-14H2,(H,22,29)(H,23,30). The maximum absolute atomic E-state index is 12.1. The van der Waals surface area contributed by atoms with E-state index >= 15 is 0 Å². The molecule has 0 aliphatic carbocycles. The van der Waals surface area contributed by atoms with Crippen molar-refractivity contribution in [3.05, 3.63) is 60.2 Å². The van der Waals surface area contributed by atoms with E-state index in [1.54, 1.807) is 17.0 Å². The molecule has 3 amide bonds. The number of hydrogen-bond acceptors (Lipinski definition) is 6. The van der Waals surface area contributed by atoms with Gasteiger partial charge in [-0.1, -0.05) is 42.5 Å². The summed E-state index contributed by atoms with van der Waals surface area (Å²) in [7, 11) is 0. The van der Waals surface area contributed by atoms with Crippen molar-refractivity contribution in [3.63, 3.8) is 0 Å². The number of amides is 3. The van der Waals surface area contributed by atoms with E-state index in [9.17, 15) is 14.4 Å². The molecule has 0 saturated carbocycles. The van der Waals surface area contributed by atoms with Crippen LogP contribution < -0.4 is 15.8 Å². The van der Waals surface area contributed by atoms with Crippen molar-refractivity contribution in [1.29, 1.82) is 0 Å². The first kappa shape index (κ1) is 20.2. The molecule has 2 heterocycles. The Labute approximate surface area is 178 Å². The minimum atomic E-state index is -0.478. The van der Waals surface area contributed by atoms with Crippen molar-refractivity contribution in [3.8, 4) is 11.4 Å². The lowest BCUT2D eigenvalue weighted by Gasteiger charge is -2.15. The number of nitrogens with zero attached hydrogens (tertiary/aromatic N) is 5. The summed E-state index contributed by atoms with van der Waals surface area (Å²) < 4.78 is 0. The van der Waals surface area contributed by atoms with Crippen molar-refractivity contribution < 1.29 is 14.4 Å². The lowest BCUT2D eigenvalue weighted by atomic mass is 10.1. The Morgan fingerprint density at radius 2 is 1.71 bits per heavy atom. The number of carbonyl (C=O) groups excluding carboxylic acids is 3. The Balaban J connectivity index is 1.24. The average Bonchev–Trinajstić information content (AvgIpc) is 3.43. The molecule has 3 aromatic rings. The normalized spacial score (nSPS) is 13.3. The van der Waals surface area contributed by atoms with Crippen LogP contribution in [0, 0.1) is 0 Å². The topological polar surface area (TPSA) is 122 Å². The smallest absolute Gasteiger partial charge is 0.262 e. The number of hydrazine groups is 1. The number of rotatable bonds is 6. The summed E-state index contributed by atoms with van der Waals surface area (Å²) in [6, 6.07) is 16.5. The minimum absolute atomic E-state index is 0.0915. The molecular weight excluding hydrogens is 398 g/mol. The first-order valence-electron chi connectivity index (χ1n) is 9.89. The van der Waals surface area contributed by atoms with E-state index in [-0.39, 0.29) is 24.8 Å². The summed E-state index contributed by atoms with van der Waals surface area (Å²) in [5.41, 5.74) is 7.11. The van der Waals surface area contributed by atoms with E-state index in [1.807, 2.05) is 42.5 Å². The van der Waals surface area contributed by atoms with Gasteiger partial charge in [0, 0.05) is 24.2 Å². The number of nitrogens with one attached hydrogen (secondary N) is 2. The first-order chi connectivity index (χ1) is 15.1. The number of aromatic nitrogens is 4. The molecule has 0 atom stereocenters. The number of carbonyl (C=O) groups is 3. The van der Waals surface area contributed by atoms with Crippen molar-refractivity contribution >= 4 is 23.4 Å². The molecule has 1 aromatic heterocycles. The molecule has 1 aliphatic rings. The van der Waals surface area contributed by atoms with Gasteiger partial charge < -0.3 is 4.90 Å². The van der Waals surface area contributed by atoms with Gasteiger partial charge in [0.15, 0.2) is 0 Å². The molecule has 1 fully saturated rings. The molecule has 0 unspecified atom stereocenters. The van der Waals surface area contributed by atoms with Crippen molar-refractivity contribution in [2.45, 2.75) is 25.8 Å². The summed E-state index contributed by atoms with van der Waals surface area (Å²) in [5, 5.41) is 11.9. The largest absolute Gasteiger partial charge is 0.312 e. The number of benzene rings is 2. The molecule has 4 rings (SSSR count). The van der Waals surface area contributed by atoms with Crippen molar-refractivity contribution in [2.75, 3.05) is 11.4 Å². The fourth-order valence-corrected chi connectivity index (χ4v) is 3.26. The van der Waals surface area contributed by atoms with Gasteiger partial charge in [-0.15, -0.1) is 10.2 Å². The van der Waals surface area contributed by atoms with Crippen LogP contribution in [0.2, 0.25) is 0 Å². The molecule has 0 spiro atoms. The van der Waals surface area contributed by atoms with Crippen LogP contribution in [-0.4, -0.2) is 44.5 Å². The zero-order valence-corrected chi connectivity index (χ0v) is 16.7. The molecule has 31 heavy (non-hydrogen) atoms. The van der Waals surface area contributed by atoms with Crippen LogP contribution in [0.4, 0.5) is 5.69 Å². The lowest BCUT2D eigenvalue weighted by molar-refractivity contribution is -0.129. The second-order valence-electron chi connectivity index (χ2n) is 7.10. The SMILES string of the molecule is O=C(Cc1ccc(N2CCCC2=O)cc1)NNC(=O)Cn1nnc(-c2ccccc2)n1. The van der Waals surface area contributed by atoms with Crippen LogP contribution in [0.5, 0.6) is 0 Å². The van der Waals surface area contributed by atoms with Crippen LogP contribution in [-0.2, 0) is 27.3 Å². The second kappa shape index (κ2) is 9.16. The highest BCUT2D eigenvalue weighted by Crippen LogP contribution is 2.21. The van der Waals surface area contributed by atoms with Crippen molar-refractivity contribution in [1.82, 2.24) is 31.1 Å². The Kier molecular flexibility index (Phi) is 5.97. The van der Waals surface area contributed by atoms with Gasteiger partial charge in [0.05, 0.1) is 6.42 Å². The molecule has 2 N–H and O–H groups in total. The van der Waals surface area contributed by atoms with Gasteiger partial charge in [0.25, 0.3) is 5.91 Å². The number of anilines is 1. The predicted octanol–water partition coefficient (Wildman–Crippen LogP) is 0.857. The van der Waals surface area contributed by atoms with Gasteiger partial charge in [0.1, 0.15) is 6.54 Å². The van der Waals surface area contributed by atoms with Gasteiger partial charge in [-0.3, -0.25) is 25.2 Å². The maximum Gasteiger partial charge on any atom is 0.262 e. The second-order valence-corrected chi connectivity index (χ2v) is 7.10. The Bertz CT molecular complexity index is 1080. The van der Waals surface area contributed by atoms with E-state index in [0.717, 1.165) is 34.6 Å². The van der Waals surface area contributed by atoms with E-state index in [0.29, 0.717) is 12.2 Å². The Hall–Kier alpha value is -4.08. The van der Waals surface area contributed by atoms with Crippen LogP contribution in [0.3, 0.4) is 0 Å². The van der Waals surface area contributed by atoms with E-state index in [2.05, 4.69) is 26.3 Å². The summed E-state index contributed by atoms with van der Waals surface area (Å²) in [5.74, 6) is -0.314. The van der Waals surface area contributed by atoms with Gasteiger partial charge in [-0.25, -0.2) is 0 Å². The Morgan fingerprint density at radius 1 is 0.968 bits per heavy atom. The van der Waals surface area contributed by atoms with Gasteiger partial charge >= 0.3 is 0 Å². The van der Waals surface area contributed by atoms with E-state index in [4.69, 9.17) is 0 Å². The average molecular weight is 419 g/mol.